The van der Waals surface area contributed by atoms with Crippen LogP contribution in [0, 0.1) is 16.7 Å². The molecule has 3 fully saturated rings. The first kappa shape index (κ1) is 41.7. The molecule has 0 aromatic heterocycles. The molecule has 0 unspecified atom stereocenters. The summed E-state index contributed by atoms with van der Waals surface area (Å²) in [5.74, 6) is -0.556. The van der Waals surface area contributed by atoms with E-state index in [1.807, 2.05) is 68.4 Å². The molecule has 0 radical (unpaired) electrons. The Kier molecular flexibility index (Phi) is 12.3. The van der Waals surface area contributed by atoms with Crippen LogP contribution < -0.4 is 15.5 Å². The third-order valence-corrected chi connectivity index (χ3v) is 13.3. The van der Waals surface area contributed by atoms with E-state index < -0.39 is 12.1 Å². The summed E-state index contributed by atoms with van der Waals surface area (Å²) in [5.41, 5.74) is 5.77. The second kappa shape index (κ2) is 17.1. The van der Waals surface area contributed by atoms with Crippen molar-refractivity contribution >= 4 is 40.9 Å². The maximum atomic E-state index is 14.1. The largest absolute Gasteiger partial charge is 0.369 e. The second-order valence-electron chi connectivity index (χ2n) is 18.6. The Bertz CT molecular complexity index is 1990. The van der Waals surface area contributed by atoms with Crippen molar-refractivity contribution in [1.82, 2.24) is 25.3 Å². The van der Waals surface area contributed by atoms with Crippen molar-refractivity contribution in [1.29, 1.82) is 0 Å². The highest BCUT2D eigenvalue weighted by Gasteiger charge is 2.53. The monoisotopic (exact) mass is 808 g/mol. The molecule has 4 amide bonds. The van der Waals surface area contributed by atoms with Gasteiger partial charge in [0.2, 0.25) is 11.8 Å². The van der Waals surface area contributed by atoms with E-state index in [4.69, 9.17) is 11.6 Å². The summed E-state index contributed by atoms with van der Waals surface area (Å²) in [4.78, 5) is 62.5. The molecule has 0 bridgehead atoms. The van der Waals surface area contributed by atoms with Crippen LogP contribution in [0.3, 0.4) is 0 Å². The van der Waals surface area contributed by atoms with Gasteiger partial charge >= 0.3 is 0 Å². The number of aryl methyl sites for hydroxylation is 1. The van der Waals surface area contributed by atoms with Crippen LogP contribution in [0.5, 0.6) is 0 Å². The molecule has 11 heteroatoms. The minimum Gasteiger partial charge on any atom is -0.369 e. The number of anilines is 1. The quantitative estimate of drug-likeness (QED) is 0.194. The van der Waals surface area contributed by atoms with Crippen molar-refractivity contribution in [3.8, 4) is 0 Å². The van der Waals surface area contributed by atoms with E-state index in [1.165, 1.54) is 5.56 Å². The Labute approximate surface area is 349 Å². The molecule has 2 saturated heterocycles. The molecule has 2 atom stereocenters. The van der Waals surface area contributed by atoms with Gasteiger partial charge in [-0.05, 0) is 102 Å². The normalized spacial score (nSPS) is 20.9. The lowest BCUT2D eigenvalue weighted by Crippen LogP contribution is -2.63. The van der Waals surface area contributed by atoms with Crippen molar-refractivity contribution < 1.29 is 19.2 Å². The van der Waals surface area contributed by atoms with Gasteiger partial charge in [0, 0.05) is 73.7 Å². The van der Waals surface area contributed by atoms with E-state index in [-0.39, 0.29) is 46.4 Å². The summed E-state index contributed by atoms with van der Waals surface area (Å²) >= 11 is 6.52. The van der Waals surface area contributed by atoms with Crippen molar-refractivity contribution in [2.24, 2.45) is 16.7 Å². The molecule has 4 aliphatic rings. The van der Waals surface area contributed by atoms with E-state index in [0.29, 0.717) is 42.2 Å². The van der Waals surface area contributed by atoms with Gasteiger partial charge in [-0.15, -0.1) is 0 Å². The number of rotatable bonds is 13. The van der Waals surface area contributed by atoms with E-state index in [1.54, 1.807) is 9.80 Å². The van der Waals surface area contributed by atoms with Gasteiger partial charge in [0.05, 0.1) is 0 Å². The molecule has 3 aromatic rings. The number of carbonyl (C=O) groups excluding carboxylic acids is 4. The smallest absolute Gasteiger partial charge is 0.255 e. The Balaban J connectivity index is 0.887. The van der Waals surface area contributed by atoms with Crippen LogP contribution in [0.15, 0.2) is 66.7 Å². The fourth-order valence-corrected chi connectivity index (χ4v) is 10.7. The van der Waals surface area contributed by atoms with Gasteiger partial charge in [-0.25, -0.2) is 0 Å². The number of amides is 4. The zero-order valence-electron chi connectivity index (χ0n) is 35.2. The molecular formula is C47H61ClN6O4. The molecule has 58 heavy (non-hydrogen) atoms. The summed E-state index contributed by atoms with van der Waals surface area (Å²) in [6, 6.07) is 20.4. The minimum atomic E-state index is -0.640. The fourth-order valence-electron chi connectivity index (χ4n) is 10.5. The maximum Gasteiger partial charge on any atom is 0.255 e. The van der Waals surface area contributed by atoms with Gasteiger partial charge in [-0.2, -0.15) is 0 Å². The average Bonchev–Trinajstić information content (AvgIpc) is 3.81. The number of likely N-dealkylation sites (tertiary alicyclic amines) is 1. The fraction of sp³-hybridized carbons (Fsp3) is 0.532. The number of benzene rings is 3. The number of nitrogens with zero attached hydrogens (tertiary/aromatic N) is 4. The average molecular weight is 809 g/mol. The number of carbonyl (C=O) groups is 4. The van der Waals surface area contributed by atoms with Crippen LogP contribution in [0.25, 0.3) is 0 Å². The SMILES string of the molecule is CC(C)[C@@H](C(=O)N1CCC[C@H]1C(=O)NCc1ccc(Cl)cc1N1CCN(CCCc2ccc(C(=O)NC3C(C)(C)CC3(C)C)cc2)CC1)N1Cc2ccccc2C1=O. The first-order valence-electron chi connectivity index (χ1n) is 21.3. The van der Waals surface area contributed by atoms with Gasteiger partial charge in [0.25, 0.3) is 11.8 Å². The van der Waals surface area contributed by atoms with Gasteiger partial charge in [-0.1, -0.05) is 89.5 Å². The molecule has 0 spiro atoms. The second-order valence-corrected chi connectivity index (χ2v) is 19.1. The van der Waals surface area contributed by atoms with Crippen LogP contribution in [-0.2, 0) is 29.1 Å². The number of halogens is 1. The van der Waals surface area contributed by atoms with Crippen LogP contribution in [0.2, 0.25) is 5.02 Å². The zero-order valence-corrected chi connectivity index (χ0v) is 35.9. The van der Waals surface area contributed by atoms with Gasteiger partial charge in [0.15, 0.2) is 0 Å². The number of piperazine rings is 1. The standard InChI is InChI=1S/C47H61ClN6O4/c1-31(2)40(54-29-35-12-7-8-13-37(35)43(54)57)44(58)53-22-10-14-38(53)42(56)49-28-34-19-20-36(48)27-39(34)52-25-23-51(24-26-52)21-9-11-32-15-17-33(18-16-32)41(55)50-45-46(3,4)30-47(45,5)6/h7-8,12-13,15-20,27,31,38,40,45H,9-11,14,21-26,28-30H2,1-6H3,(H,49,56)(H,50,55)/t38-,40-/m0/s1. The highest BCUT2D eigenvalue weighted by atomic mass is 35.5. The summed E-state index contributed by atoms with van der Waals surface area (Å²) in [5, 5.41) is 7.09. The molecule has 2 N–H and O–H groups in total. The Hall–Kier alpha value is -4.41. The van der Waals surface area contributed by atoms with Crippen LogP contribution >= 0.6 is 11.6 Å². The maximum absolute atomic E-state index is 14.1. The summed E-state index contributed by atoms with van der Waals surface area (Å²) in [6.45, 7) is 18.6. The number of fused-ring (bicyclic) bond motifs is 1. The third-order valence-electron chi connectivity index (χ3n) is 13.0. The van der Waals surface area contributed by atoms with Gasteiger partial charge in [0.1, 0.15) is 12.1 Å². The van der Waals surface area contributed by atoms with Crippen LogP contribution in [-0.4, -0.2) is 95.7 Å². The molecule has 10 nitrogen and oxygen atoms in total. The Morgan fingerprint density at radius 3 is 2.28 bits per heavy atom. The lowest BCUT2D eigenvalue weighted by molar-refractivity contribution is -0.143. The molecule has 7 rings (SSSR count). The van der Waals surface area contributed by atoms with Gasteiger partial charge < -0.3 is 25.3 Å². The van der Waals surface area contributed by atoms with E-state index >= 15 is 0 Å². The lowest BCUT2D eigenvalue weighted by atomic mass is 9.52. The molecule has 310 valence electrons. The summed E-state index contributed by atoms with van der Waals surface area (Å²) in [6.07, 6.45) is 4.42. The van der Waals surface area contributed by atoms with Crippen molar-refractivity contribution in [3.05, 3.63) is 99.6 Å². The van der Waals surface area contributed by atoms with E-state index in [0.717, 1.165) is 75.2 Å². The van der Waals surface area contributed by atoms with Crippen molar-refractivity contribution in [2.75, 3.05) is 44.2 Å². The number of hydrogen-bond donors (Lipinski definition) is 2. The molecule has 1 aliphatic carbocycles. The van der Waals surface area contributed by atoms with E-state index in [2.05, 4.69) is 60.3 Å². The van der Waals surface area contributed by atoms with Crippen molar-refractivity contribution in [2.45, 2.75) is 105 Å². The van der Waals surface area contributed by atoms with Crippen LogP contribution in [0.4, 0.5) is 5.69 Å². The van der Waals surface area contributed by atoms with E-state index in [9.17, 15) is 19.2 Å². The third kappa shape index (κ3) is 8.79. The first-order valence-corrected chi connectivity index (χ1v) is 21.6. The molecule has 3 aromatic carbocycles. The summed E-state index contributed by atoms with van der Waals surface area (Å²) < 4.78 is 0. The Morgan fingerprint density at radius 1 is 0.897 bits per heavy atom. The zero-order chi connectivity index (χ0) is 41.4. The molecule has 1 saturated carbocycles. The Morgan fingerprint density at radius 2 is 1.60 bits per heavy atom. The molecule has 3 aliphatic heterocycles. The summed E-state index contributed by atoms with van der Waals surface area (Å²) in [7, 11) is 0. The minimum absolute atomic E-state index is 0.00680. The predicted octanol–water partition coefficient (Wildman–Crippen LogP) is 6.94. The predicted molar refractivity (Wildman–Crippen MR) is 230 cm³/mol. The van der Waals surface area contributed by atoms with Gasteiger partial charge in [-0.3, -0.25) is 24.1 Å². The molecule has 3 heterocycles. The lowest BCUT2D eigenvalue weighted by Gasteiger charge is -2.57. The number of hydrogen-bond acceptors (Lipinski definition) is 6. The van der Waals surface area contributed by atoms with Crippen LogP contribution in [0.1, 0.15) is 105 Å². The molecular weight excluding hydrogens is 748 g/mol. The highest BCUT2D eigenvalue weighted by molar-refractivity contribution is 6.30. The number of nitrogens with one attached hydrogen (secondary N) is 2. The first-order chi connectivity index (χ1) is 27.6. The topological polar surface area (TPSA) is 105 Å². The highest BCUT2D eigenvalue weighted by Crippen LogP contribution is 2.53. The van der Waals surface area contributed by atoms with Crippen molar-refractivity contribution in [3.63, 3.8) is 0 Å².